The van der Waals surface area contributed by atoms with Crippen LogP contribution in [0.3, 0.4) is 0 Å². The minimum Gasteiger partial charge on any atom is -0.485 e. The van der Waals surface area contributed by atoms with Gasteiger partial charge in [-0.15, -0.1) is 12.4 Å². The van der Waals surface area contributed by atoms with E-state index >= 15 is 0 Å². The van der Waals surface area contributed by atoms with Crippen molar-refractivity contribution < 1.29 is 14.3 Å². The summed E-state index contributed by atoms with van der Waals surface area (Å²) in [6.45, 7) is 2.35. The van der Waals surface area contributed by atoms with Crippen LogP contribution < -0.4 is 20.1 Å². The van der Waals surface area contributed by atoms with Gasteiger partial charge in [0.25, 0.3) is 5.91 Å². The molecule has 0 aliphatic carbocycles. The number of ether oxygens (including phenoxy) is 2. The van der Waals surface area contributed by atoms with Crippen molar-refractivity contribution in [2.24, 2.45) is 0 Å². The van der Waals surface area contributed by atoms with Crippen molar-refractivity contribution in [3.8, 4) is 11.5 Å². The van der Waals surface area contributed by atoms with Crippen LogP contribution in [0.4, 0.5) is 0 Å². The molecule has 0 aromatic heterocycles. The second-order valence-corrected chi connectivity index (χ2v) is 6.10. The Morgan fingerprint density at radius 3 is 2.27 bits per heavy atom. The zero-order chi connectivity index (χ0) is 17.3. The van der Waals surface area contributed by atoms with E-state index in [1.807, 2.05) is 54.6 Å². The Labute approximate surface area is 160 Å². The molecule has 0 spiro atoms. The van der Waals surface area contributed by atoms with E-state index in [4.69, 9.17) is 9.47 Å². The van der Waals surface area contributed by atoms with Gasteiger partial charge in [-0.3, -0.25) is 4.79 Å². The Kier molecular flexibility index (Phi) is 8.25. The molecular formula is C20H25ClN2O3. The Morgan fingerprint density at radius 2 is 1.58 bits per heavy atom. The molecule has 1 heterocycles. The number of para-hydroxylation sites is 2. The van der Waals surface area contributed by atoms with E-state index in [1.54, 1.807) is 0 Å². The van der Waals surface area contributed by atoms with E-state index in [-0.39, 0.29) is 31.0 Å². The first-order chi connectivity index (χ1) is 12.3. The van der Waals surface area contributed by atoms with Crippen molar-refractivity contribution in [3.05, 3.63) is 60.2 Å². The molecule has 1 saturated heterocycles. The summed E-state index contributed by atoms with van der Waals surface area (Å²) in [7, 11) is 0. The highest BCUT2D eigenvalue weighted by atomic mass is 35.5. The first-order valence-electron chi connectivity index (χ1n) is 8.70. The summed E-state index contributed by atoms with van der Waals surface area (Å²) in [6, 6.07) is 17.6. The number of nitrogens with one attached hydrogen (secondary N) is 2. The number of piperidine rings is 1. The van der Waals surface area contributed by atoms with Crippen molar-refractivity contribution in [2.75, 3.05) is 19.7 Å². The summed E-state index contributed by atoms with van der Waals surface area (Å²) in [5.74, 6) is 1.13. The average molecular weight is 377 g/mol. The molecule has 140 valence electrons. The van der Waals surface area contributed by atoms with Crippen molar-refractivity contribution in [1.29, 1.82) is 0 Å². The van der Waals surface area contributed by atoms with Crippen molar-refractivity contribution >= 4 is 18.3 Å². The Morgan fingerprint density at radius 1 is 0.962 bits per heavy atom. The zero-order valence-corrected chi connectivity index (χ0v) is 15.5. The maximum atomic E-state index is 12.1. The monoisotopic (exact) mass is 376 g/mol. The standard InChI is InChI=1S/C20H24N2O3.ClH/c23-20(22-17-10-12-21-13-11-17)15-25-19-9-5-4-8-18(19)24-14-16-6-2-1-3-7-16;/h1-9,17,21H,10-15H2,(H,22,23);1H. The highest BCUT2D eigenvalue weighted by Gasteiger charge is 2.16. The number of rotatable bonds is 7. The molecule has 5 nitrogen and oxygen atoms in total. The van der Waals surface area contributed by atoms with E-state index in [0.29, 0.717) is 18.1 Å². The largest absolute Gasteiger partial charge is 0.485 e. The van der Waals surface area contributed by atoms with Gasteiger partial charge in [-0.05, 0) is 43.6 Å². The maximum absolute atomic E-state index is 12.1. The average Bonchev–Trinajstić information content (AvgIpc) is 2.67. The first kappa shape index (κ1) is 20.1. The lowest BCUT2D eigenvalue weighted by atomic mass is 10.1. The molecule has 1 aliphatic rings. The van der Waals surface area contributed by atoms with Crippen LogP contribution in [0.1, 0.15) is 18.4 Å². The smallest absolute Gasteiger partial charge is 0.258 e. The first-order valence-corrected chi connectivity index (χ1v) is 8.70. The van der Waals surface area contributed by atoms with Crippen LogP contribution in [0, 0.1) is 0 Å². The van der Waals surface area contributed by atoms with Gasteiger partial charge in [0.2, 0.25) is 0 Å². The summed E-state index contributed by atoms with van der Waals surface area (Å²) in [4.78, 5) is 12.1. The summed E-state index contributed by atoms with van der Waals surface area (Å²) < 4.78 is 11.5. The van der Waals surface area contributed by atoms with Crippen LogP contribution in [-0.2, 0) is 11.4 Å². The van der Waals surface area contributed by atoms with Crippen LogP contribution >= 0.6 is 12.4 Å². The molecule has 2 aromatic rings. The van der Waals surface area contributed by atoms with E-state index in [9.17, 15) is 4.79 Å². The van der Waals surface area contributed by atoms with E-state index < -0.39 is 0 Å². The summed E-state index contributed by atoms with van der Waals surface area (Å²) in [5, 5.41) is 6.30. The lowest BCUT2D eigenvalue weighted by Gasteiger charge is -2.23. The quantitative estimate of drug-likeness (QED) is 0.780. The lowest BCUT2D eigenvalue weighted by Crippen LogP contribution is -2.44. The number of benzene rings is 2. The number of hydrogen-bond donors (Lipinski definition) is 2. The van der Waals surface area contributed by atoms with Crippen molar-refractivity contribution in [2.45, 2.75) is 25.5 Å². The van der Waals surface area contributed by atoms with Gasteiger partial charge in [0, 0.05) is 6.04 Å². The second-order valence-electron chi connectivity index (χ2n) is 6.10. The minimum atomic E-state index is -0.0928. The fourth-order valence-electron chi connectivity index (χ4n) is 2.80. The van der Waals surface area contributed by atoms with E-state index in [2.05, 4.69) is 10.6 Å². The van der Waals surface area contributed by atoms with Crippen LogP contribution in [-0.4, -0.2) is 31.6 Å². The molecule has 26 heavy (non-hydrogen) atoms. The molecule has 0 unspecified atom stereocenters. The molecular weight excluding hydrogens is 352 g/mol. The zero-order valence-electron chi connectivity index (χ0n) is 14.6. The number of carbonyl (C=O) groups excluding carboxylic acids is 1. The third-order valence-electron chi connectivity index (χ3n) is 4.15. The number of carbonyl (C=O) groups is 1. The Balaban J connectivity index is 0.00000243. The molecule has 1 amide bonds. The van der Waals surface area contributed by atoms with Crippen LogP contribution in [0.15, 0.2) is 54.6 Å². The Bertz CT molecular complexity index is 676. The van der Waals surface area contributed by atoms with Gasteiger partial charge in [-0.1, -0.05) is 42.5 Å². The van der Waals surface area contributed by atoms with E-state index in [0.717, 1.165) is 31.5 Å². The molecule has 3 rings (SSSR count). The molecule has 0 atom stereocenters. The van der Waals surface area contributed by atoms with Crippen molar-refractivity contribution in [3.63, 3.8) is 0 Å². The second kappa shape index (κ2) is 10.7. The van der Waals surface area contributed by atoms with E-state index in [1.165, 1.54) is 0 Å². The molecule has 0 saturated carbocycles. The molecule has 2 aromatic carbocycles. The molecule has 2 N–H and O–H groups in total. The SMILES string of the molecule is Cl.O=C(COc1ccccc1OCc1ccccc1)NC1CCNCC1. The third kappa shape index (κ3) is 6.24. The molecule has 6 heteroatoms. The van der Waals surface area contributed by atoms with Crippen molar-refractivity contribution in [1.82, 2.24) is 10.6 Å². The number of halogens is 1. The highest BCUT2D eigenvalue weighted by Crippen LogP contribution is 2.27. The maximum Gasteiger partial charge on any atom is 0.258 e. The van der Waals surface area contributed by atoms with Gasteiger partial charge in [0.05, 0.1) is 0 Å². The van der Waals surface area contributed by atoms with Crippen LogP contribution in [0.5, 0.6) is 11.5 Å². The molecule has 0 bridgehead atoms. The predicted octanol–water partition coefficient (Wildman–Crippen LogP) is 2.93. The van der Waals surface area contributed by atoms with Crippen LogP contribution in [0.2, 0.25) is 0 Å². The number of hydrogen-bond acceptors (Lipinski definition) is 4. The van der Waals surface area contributed by atoms with Gasteiger partial charge in [0.1, 0.15) is 6.61 Å². The highest BCUT2D eigenvalue weighted by molar-refractivity contribution is 5.85. The Hall–Kier alpha value is -2.24. The normalized spacial score (nSPS) is 14.2. The minimum absolute atomic E-state index is 0. The summed E-state index contributed by atoms with van der Waals surface area (Å²) >= 11 is 0. The molecule has 0 radical (unpaired) electrons. The van der Waals surface area contributed by atoms with Crippen LogP contribution in [0.25, 0.3) is 0 Å². The predicted molar refractivity (Wildman–Crippen MR) is 104 cm³/mol. The topological polar surface area (TPSA) is 59.6 Å². The lowest BCUT2D eigenvalue weighted by molar-refractivity contribution is -0.124. The van der Waals surface area contributed by atoms with Gasteiger partial charge in [-0.25, -0.2) is 0 Å². The fourth-order valence-corrected chi connectivity index (χ4v) is 2.80. The van der Waals surface area contributed by atoms with Gasteiger partial charge < -0.3 is 20.1 Å². The third-order valence-corrected chi connectivity index (χ3v) is 4.15. The van der Waals surface area contributed by atoms with Gasteiger partial charge >= 0.3 is 0 Å². The number of amides is 1. The van der Waals surface area contributed by atoms with Gasteiger partial charge in [0.15, 0.2) is 18.1 Å². The summed E-state index contributed by atoms with van der Waals surface area (Å²) in [5.41, 5.74) is 1.08. The van der Waals surface area contributed by atoms with Gasteiger partial charge in [-0.2, -0.15) is 0 Å². The molecule has 1 fully saturated rings. The fraction of sp³-hybridized carbons (Fsp3) is 0.350. The summed E-state index contributed by atoms with van der Waals surface area (Å²) in [6.07, 6.45) is 1.92. The molecule has 1 aliphatic heterocycles.